The first-order valence-corrected chi connectivity index (χ1v) is 13.9. The molecule has 0 spiro atoms. The molecule has 0 saturated heterocycles. The van der Waals surface area contributed by atoms with Crippen LogP contribution in [0.25, 0.3) is 11.1 Å². The van der Waals surface area contributed by atoms with Gasteiger partial charge in [-0.3, -0.25) is 9.59 Å². The fraction of sp³-hybridized carbons (Fsp3) is 0.156. The second-order valence-corrected chi connectivity index (χ2v) is 10.7. The predicted molar refractivity (Wildman–Crippen MR) is 155 cm³/mol. The van der Waals surface area contributed by atoms with Gasteiger partial charge in [0.25, 0.3) is 5.91 Å². The van der Waals surface area contributed by atoms with Gasteiger partial charge in [0, 0.05) is 27.7 Å². The molecule has 0 aliphatic rings. The molecule has 4 aromatic carbocycles. The van der Waals surface area contributed by atoms with Crippen molar-refractivity contribution in [2.24, 2.45) is 0 Å². The molecule has 0 heterocycles. The molecule has 222 valence electrons. The SMILES string of the molecule is O=C(CC(Sc1ccc(C(=O)NCC(O)C(=O)O)cc1)c1ccc(-c2ccccc2)cc1)c1ccc(OC(F)(F)F)cc1. The van der Waals surface area contributed by atoms with Crippen molar-refractivity contribution in [1.29, 1.82) is 0 Å². The summed E-state index contributed by atoms with van der Waals surface area (Å²) in [4.78, 5) is 37.1. The number of aliphatic hydroxyl groups is 1. The zero-order chi connectivity index (χ0) is 31.0. The van der Waals surface area contributed by atoms with Crippen molar-refractivity contribution in [3.05, 3.63) is 120 Å². The Hall–Kier alpha value is -4.61. The summed E-state index contributed by atoms with van der Waals surface area (Å²) in [7, 11) is 0. The smallest absolute Gasteiger partial charge is 0.479 e. The standard InChI is InChI=1S/C32H26F3NO6S/c33-32(34,35)42-25-14-10-22(11-15-25)27(37)18-29(23-8-6-21(7-9-23)20-4-2-1-3-5-20)43-26-16-12-24(13-17-26)30(39)36-19-28(38)31(40)41/h1-17,28-29,38H,18-19H2,(H,36,39)(H,40,41). The van der Waals surface area contributed by atoms with Crippen LogP contribution in [0.1, 0.15) is 38.0 Å². The quantitative estimate of drug-likeness (QED) is 0.124. The van der Waals surface area contributed by atoms with Crippen molar-refractivity contribution < 1.29 is 42.5 Å². The lowest BCUT2D eigenvalue weighted by Crippen LogP contribution is -2.36. The fourth-order valence-electron chi connectivity index (χ4n) is 4.11. The largest absolute Gasteiger partial charge is 0.573 e. The lowest BCUT2D eigenvalue weighted by molar-refractivity contribution is -0.274. The molecule has 0 aliphatic heterocycles. The number of carboxylic acid groups (broad SMARTS) is 1. The van der Waals surface area contributed by atoms with Gasteiger partial charge in [0.05, 0.1) is 6.54 Å². The average molecular weight is 610 g/mol. The maximum Gasteiger partial charge on any atom is 0.573 e. The molecule has 3 N–H and O–H groups in total. The fourth-order valence-corrected chi connectivity index (χ4v) is 5.25. The maximum absolute atomic E-state index is 13.2. The van der Waals surface area contributed by atoms with Gasteiger partial charge in [-0.25, -0.2) is 4.79 Å². The summed E-state index contributed by atoms with van der Waals surface area (Å²) >= 11 is 1.38. The molecule has 7 nitrogen and oxygen atoms in total. The number of halogens is 3. The number of Topliss-reactive ketones (excluding diaryl/α,β-unsaturated/α-hetero) is 1. The third-order valence-corrected chi connectivity index (χ3v) is 7.57. The van der Waals surface area contributed by atoms with E-state index in [1.165, 1.54) is 23.9 Å². The van der Waals surface area contributed by atoms with Crippen LogP contribution in [0.5, 0.6) is 5.75 Å². The van der Waals surface area contributed by atoms with Crippen molar-refractivity contribution in [3.63, 3.8) is 0 Å². The van der Waals surface area contributed by atoms with E-state index >= 15 is 0 Å². The van der Waals surface area contributed by atoms with Crippen LogP contribution in [0.15, 0.2) is 108 Å². The van der Waals surface area contributed by atoms with Crippen molar-refractivity contribution in [2.75, 3.05) is 6.54 Å². The van der Waals surface area contributed by atoms with Crippen LogP contribution in [-0.2, 0) is 4.79 Å². The van der Waals surface area contributed by atoms with Crippen LogP contribution in [0, 0.1) is 0 Å². The summed E-state index contributed by atoms with van der Waals surface area (Å²) in [6, 6.07) is 28.7. The molecular weight excluding hydrogens is 583 g/mol. The van der Waals surface area contributed by atoms with Crippen LogP contribution in [0.3, 0.4) is 0 Å². The number of benzene rings is 4. The molecule has 11 heteroatoms. The Morgan fingerprint density at radius 2 is 1.37 bits per heavy atom. The zero-order valence-corrected chi connectivity index (χ0v) is 23.3. The molecule has 43 heavy (non-hydrogen) atoms. The van der Waals surface area contributed by atoms with Crippen LogP contribution in [0.4, 0.5) is 13.2 Å². The lowest BCUT2D eigenvalue weighted by atomic mass is 9.99. The number of carbonyl (C=O) groups is 3. The Balaban J connectivity index is 1.52. The summed E-state index contributed by atoms with van der Waals surface area (Å²) in [5.41, 5.74) is 3.35. The third kappa shape index (κ3) is 9.19. The Labute approximate surface area is 249 Å². The molecule has 0 fully saturated rings. The van der Waals surface area contributed by atoms with E-state index in [4.69, 9.17) is 5.11 Å². The van der Waals surface area contributed by atoms with Crippen LogP contribution in [0.2, 0.25) is 0 Å². The van der Waals surface area contributed by atoms with Crippen molar-refractivity contribution in [3.8, 4) is 16.9 Å². The molecular formula is C32H26F3NO6S. The van der Waals surface area contributed by atoms with E-state index in [1.54, 1.807) is 24.3 Å². The lowest BCUT2D eigenvalue weighted by Gasteiger charge is -2.18. The summed E-state index contributed by atoms with van der Waals surface area (Å²) in [5.74, 6) is -2.71. The Kier molecular flexibility index (Phi) is 10.2. The van der Waals surface area contributed by atoms with Crippen molar-refractivity contribution in [1.82, 2.24) is 5.32 Å². The maximum atomic E-state index is 13.2. The molecule has 0 aromatic heterocycles. The van der Waals surface area contributed by atoms with Gasteiger partial charge < -0.3 is 20.3 Å². The van der Waals surface area contributed by atoms with Gasteiger partial charge in [0.1, 0.15) is 5.75 Å². The van der Waals surface area contributed by atoms with E-state index < -0.39 is 36.6 Å². The first-order chi connectivity index (χ1) is 20.5. The highest BCUT2D eigenvalue weighted by Gasteiger charge is 2.31. The number of thioether (sulfide) groups is 1. The minimum absolute atomic E-state index is 0.0319. The number of hydrogen-bond donors (Lipinski definition) is 3. The van der Waals surface area contributed by atoms with Crippen LogP contribution >= 0.6 is 11.8 Å². The first-order valence-electron chi connectivity index (χ1n) is 13.0. The highest BCUT2D eigenvalue weighted by Crippen LogP contribution is 2.39. The van der Waals surface area contributed by atoms with E-state index in [-0.39, 0.29) is 28.6 Å². The highest BCUT2D eigenvalue weighted by molar-refractivity contribution is 7.99. The van der Waals surface area contributed by atoms with E-state index in [2.05, 4.69) is 10.1 Å². The minimum atomic E-state index is -4.84. The van der Waals surface area contributed by atoms with E-state index in [0.717, 1.165) is 33.7 Å². The highest BCUT2D eigenvalue weighted by atomic mass is 32.2. The van der Waals surface area contributed by atoms with Gasteiger partial charge in [0.15, 0.2) is 11.9 Å². The molecule has 0 bridgehead atoms. The zero-order valence-electron chi connectivity index (χ0n) is 22.5. The van der Waals surface area contributed by atoms with E-state index in [1.807, 2.05) is 54.6 Å². The van der Waals surface area contributed by atoms with Gasteiger partial charge in [-0.1, -0.05) is 54.6 Å². The summed E-state index contributed by atoms with van der Waals surface area (Å²) in [6.45, 7) is -0.447. The average Bonchev–Trinajstić information content (AvgIpc) is 2.99. The number of hydrogen-bond acceptors (Lipinski definition) is 6. The number of amides is 1. The number of rotatable bonds is 12. The van der Waals surface area contributed by atoms with Crippen molar-refractivity contribution >= 4 is 29.4 Å². The van der Waals surface area contributed by atoms with E-state index in [0.29, 0.717) is 0 Å². The predicted octanol–water partition coefficient (Wildman–Crippen LogP) is 6.53. The Morgan fingerprint density at radius 3 is 1.95 bits per heavy atom. The number of aliphatic hydroxyl groups excluding tert-OH is 1. The number of alkyl halides is 3. The summed E-state index contributed by atoms with van der Waals surface area (Å²) in [5, 5.41) is 20.1. The second kappa shape index (κ2) is 14.0. The number of ketones is 1. The van der Waals surface area contributed by atoms with Crippen molar-refractivity contribution in [2.45, 2.75) is 29.0 Å². The Bertz CT molecular complexity index is 1540. The van der Waals surface area contributed by atoms with Gasteiger partial charge in [-0.2, -0.15) is 0 Å². The third-order valence-electron chi connectivity index (χ3n) is 6.31. The monoisotopic (exact) mass is 609 g/mol. The molecule has 1 amide bonds. The number of carbonyl (C=O) groups excluding carboxylic acids is 2. The normalized spacial score (nSPS) is 12.7. The summed E-state index contributed by atoms with van der Waals surface area (Å²) < 4.78 is 41.5. The van der Waals surface area contributed by atoms with Gasteiger partial charge in [-0.15, -0.1) is 24.9 Å². The molecule has 2 atom stereocenters. The van der Waals surface area contributed by atoms with Gasteiger partial charge in [0.2, 0.25) is 0 Å². The second-order valence-electron chi connectivity index (χ2n) is 9.38. The van der Waals surface area contributed by atoms with Gasteiger partial charge >= 0.3 is 12.3 Å². The van der Waals surface area contributed by atoms with E-state index in [9.17, 15) is 32.7 Å². The summed E-state index contributed by atoms with van der Waals surface area (Å²) in [6.07, 6.45) is -6.53. The number of ether oxygens (including phenoxy) is 1. The first kappa shape index (κ1) is 31.3. The molecule has 4 rings (SSSR count). The van der Waals surface area contributed by atoms with Crippen LogP contribution in [-0.4, -0.2) is 46.9 Å². The number of aliphatic carboxylic acids is 1. The molecule has 0 aliphatic carbocycles. The molecule has 0 saturated carbocycles. The number of carboxylic acids is 1. The number of nitrogens with one attached hydrogen (secondary N) is 1. The molecule has 2 unspecified atom stereocenters. The van der Waals surface area contributed by atoms with Crippen LogP contribution < -0.4 is 10.1 Å². The van der Waals surface area contributed by atoms with Gasteiger partial charge in [-0.05, 0) is 65.2 Å². The Morgan fingerprint density at radius 1 is 0.791 bits per heavy atom. The topological polar surface area (TPSA) is 113 Å². The molecule has 4 aromatic rings. The molecule has 0 radical (unpaired) electrons. The minimum Gasteiger partial charge on any atom is -0.479 e.